The fourth-order valence-corrected chi connectivity index (χ4v) is 1.13. The van der Waals surface area contributed by atoms with Gasteiger partial charge in [0.05, 0.1) is 5.69 Å². The van der Waals surface area contributed by atoms with Crippen molar-refractivity contribution in [3.63, 3.8) is 0 Å². The van der Waals surface area contributed by atoms with E-state index in [0.29, 0.717) is 0 Å². The lowest BCUT2D eigenvalue weighted by molar-refractivity contribution is 0.101. The molecule has 0 aromatic carbocycles. The standard InChI is InChI=1S/C10H17NO3/c1-12-6-3-8-13-7-2-4-10-5-9-14-11-10/h5,9H,2-4,6-8H2,1H3. The Morgan fingerprint density at radius 1 is 1.29 bits per heavy atom. The first-order chi connectivity index (χ1) is 6.93. The van der Waals surface area contributed by atoms with Gasteiger partial charge in [-0.3, -0.25) is 0 Å². The zero-order chi connectivity index (χ0) is 10.1. The molecule has 4 heteroatoms. The molecule has 0 aliphatic heterocycles. The first-order valence-corrected chi connectivity index (χ1v) is 4.89. The highest BCUT2D eigenvalue weighted by Gasteiger charge is 1.96. The third-order valence-electron chi connectivity index (χ3n) is 1.85. The minimum Gasteiger partial charge on any atom is -0.385 e. The van der Waals surface area contributed by atoms with Gasteiger partial charge in [-0.15, -0.1) is 0 Å². The van der Waals surface area contributed by atoms with Crippen molar-refractivity contribution >= 4 is 0 Å². The Morgan fingerprint density at radius 2 is 2.14 bits per heavy atom. The minimum atomic E-state index is 0.767. The Morgan fingerprint density at radius 3 is 2.86 bits per heavy atom. The predicted molar refractivity (Wildman–Crippen MR) is 52.1 cm³/mol. The summed E-state index contributed by atoms with van der Waals surface area (Å²) in [6.07, 6.45) is 4.45. The van der Waals surface area contributed by atoms with E-state index in [1.165, 1.54) is 0 Å². The Labute approximate surface area is 84.2 Å². The summed E-state index contributed by atoms with van der Waals surface area (Å²) < 4.78 is 15.0. The smallest absolute Gasteiger partial charge is 0.124 e. The third kappa shape index (κ3) is 4.99. The van der Waals surface area contributed by atoms with Gasteiger partial charge in [0, 0.05) is 33.0 Å². The molecular formula is C10H17NO3. The number of aryl methyl sites for hydroxylation is 1. The summed E-state index contributed by atoms with van der Waals surface area (Å²) in [7, 11) is 1.70. The highest BCUT2D eigenvalue weighted by atomic mass is 16.5. The van der Waals surface area contributed by atoms with Gasteiger partial charge in [0.15, 0.2) is 0 Å². The van der Waals surface area contributed by atoms with E-state index in [1.807, 2.05) is 6.07 Å². The zero-order valence-electron chi connectivity index (χ0n) is 8.57. The lowest BCUT2D eigenvalue weighted by Crippen LogP contribution is -2.01. The molecule has 14 heavy (non-hydrogen) atoms. The van der Waals surface area contributed by atoms with E-state index in [9.17, 15) is 0 Å². The molecule has 0 N–H and O–H groups in total. The number of rotatable bonds is 8. The first-order valence-electron chi connectivity index (χ1n) is 4.89. The fourth-order valence-electron chi connectivity index (χ4n) is 1.13. The van der Waals surface area contributed by atoms with Crippen LogP contribution < -0.4 is 0 Å². The second-order valence-corrected chi connectivity index (χ2v) is 3.05. The molecule has 80 valence electrons. The fraction of sp³-hybridized carbons (Fsp3) is 0.700. The van der Waals surface area contributed by atoms with Crippen molar-refractivity contribution in [1.29, 1.82) is 0 Å². The van der Waals surface area contributed by atoms with Crippen molar-refractivity contribution in [1.82, 2.24) is 5.16 Å². The number of nitrogens with zero attached hydrogens (tertiary/aromatic N) is 1. The van der Waals surface area contributed by atoms with E-state index < -0.39 is 0 Å². The minimum absolute atomic E-state index is 0.767. The maximum atomic E-state index is 5.40. The summed E-state index contributed by atoms with van der Waals surface area (Å²) in [5.41, 5.74) is 0.991. The monoisotopic (exact) mass is 199 g/mol. The number of methoxy groups -OCH3 is 1. The van der Waals surface area contributed by atoms with Crippen molar-refractivity contribution in [2.24, 2.45) is 0 Å². The number of hydrogen-bond acceptors (Lipinski definition) is 4. The van der Waals surface area contributed by atoms with Gasteiger partial charge in [0.25, 0.3) is 0 Å². The highest BCUT2D eigenvalue weighted by molar-refractivity contribution is 4.94. The molecule has 1 heterocycles. The van der Waals surface area contributed by atoms with Crippen molar-refractivity contribution in [2.75, 3.05) is 26.9 Å². The summed E-state index contributed by atoms with van der Waals surface area (Å²) in [5.74, 6) is 0. The van der Waals surface area contributed by atoms with Crippen LogP contribution in [0.2, 0.25) is 0 Å². The Balaban J connectivity index is 1.85. The van der Waals surface area contributed by atoms with E-state index in [-0.39, 0.29) is 0 Å². The number of ether oxygens (including phenoxy) is 2. The van der Waals surface area contributed by atoms with E-state index in [1.54, 1.807) is 13.4 Å². The summed E-state index contributed by atoms with van der Waals surface area (Å²) >= 11 is 0. The van der Waals surface area contributed by atoms with E-state index in [2.05, 4.69) is 5.16 Å². The van der Waals surface area contributed by atoms with Gasteiger partial charge in [-0.1, -0.05) is 5.16 Å². The Bertz CT molecular complexity index is 211. The topological polar surface area (TPSA) is 44.5 Å². The molecule has 0 spiro atoms. The average molecular weight is 199 g/mol. The zero-order valence-corrected chi connectivity index (χ0v) is 8.57. The largest absolute Gasteiger partial charge is 0.385 e. The van der Waals surface area contributed by atoms with Crippen LogP contribution in [0.15, 0.2) is 16.9 Å². The summed E-state index contributed by atoms with van der Waals surface area (Å²) in [6.45, 7) is 2.31. The van der Waals surface area contributed by atoms with Crippen molar-refractivity contribution < 1.29 is 14.0 Å². The summed E-state index contributed by atoms with van der Waals surface area (Å²) in [6, 6.07) is 1.88. The lowest BCUT2D eigenvalue weighted by Gasteiger charge is -2.02. The van der Waals surface area contributed by atoms with Gasteiger partial charge in [0.1, 0.15) is 6.26 Å². The highest BCUT2D eigenvalue weighted by Crippen LogP contribution is 1.99. The SMILES string of the molecule is COCCCOCCCc1ccon1. The van der Waals surface area contributed by atoms with Gasteiger partial charge in [-0.25, -0.2) is 0 Å². The van der Waals surface area contributed by atoms with E-state index in [4.69, 9.17) is 14.0 Å². The van der Waals surface area contributed by atoms with Gasteiger partial charge in [0.2, 0.25) is 0 Å². The third-order valence-corrected chi connectivity index (χ3v) is 1.85. The maximum Gasteiger partial charge on any atom is 0.124 e. The van der Waals surface area contributed by atoms with Crippen LogP contribution in [-0.4, -0.2) is 32.1 Å². The average Bonchev–Trinajstić information content (AvgIpc) is 2.69. The summed E-state index contributed by atoms with van der Waals surface area (Å²) in [5, 5.41) is 3.81. The second-order valence-electron chi connectivity index (χ2n) is 3.05. The molecule has 0 unspecified atom stereocenters. The van der Waals surface area contributed by atoms with Crippen LogP contribution >= 0.6 is 0 Å². The van der Waals surface area contributed by atoms with Crippen LogP contribution in [0.5, 0.6) is 0 Å². The quantitative estimate of drug-likeness (QED) is 0.597. The molecule has 0 fully saturated rings. The molecule has 0 saturated carbocycles. The van der Waals surface area contributed by atoms with Gasteiger partial charge in [-0.05, 0) is 19.3 Å². The van der Waals surface area contributed by atoms with Crippen LogP contribution in [0, 0.1) is 0 Å². The second kappa shape index (κ2) is 7.53. The van der Waals surface area contributed by atoms with E-state index in [0.717, 1.165) is 44.8 Å². The van der Waals surface area contributed by atoms with Crippen LogP contribution in [-0.2, 0) is 15.9 Å². The van der Waals surface area contributed by atoms with Gasteiger partial charge >= 0.3 is 0 Å². The lowest BCUT2D eigenvalue weighted by atomic mass is 10.2. The molecular weight excluding hydrogens is 182 g/mol. The molecule has 1 aromatic rings. The molecule has 0 aliphatic carbocycles. The molecule has 0 amide bonds. The molecule has 0 bridgehead atoms. The molecule has 1 aromatic heterocycles. The Hall–Kier alpha value is -0.870. The molecule has 0 saturated heterocycles. The first kappa shape index (κ1) is 11.2. The number of aromatic nitrogens is 1. The van der Waals surface area contributed by atoms with Crippen LogP contribution in [0.3, 0.4) is 0 Å². The van der Waals surface area contributed by atoms with Gasteiger partial charge in [-0.2, -0.15) is 0 Å². The van der Waals surface area contributed by atoms with Crippen LogP contribution in [0.1, 0.15) is 18.5 Å². The summed E-state index contributed by atoms with van der Waals surface area (Å²) in [4.78, 5) is 0. The van der Waals surface area contributed by atoms with Crippen LogP contribution in [0.25, 0.3) is 0 Å². The van der Waals surface area contributed by atoms with Crippen molar-refractivity contribution in [2.45, 2.75) is 19.3 Å². The maximum absolute atomic E-state index is 5.40. The molecule has 0 radical (unpaired) electrons. The Kier molecular flexibility index (Phi) is 6.02. The number of hydrogen-bond donors (Lipinski definition) is 0. The van der Waals surface area contributed by atoms with Gasteiger partial charge < -0.3 is 14.0 Å². The molecule has 0 aliphatic rings. The molecule has 1 rings (SSSR count). The van der Waals surface area contributed by atoms with E-state index >= 15 is 0 Å². The van der Waals surface area contributed by atoms with Crippen LogP contribution in [0.4, 0.5) is 0 Å². The van der Waals surface area contributed by atoms with Crippen molar-refractivity contribution in [3.05, 3.63) is 18.0 Å². The molecule has 0 atom stereocenters. The molecule has 4 nitrogen and oxygen atoms in total. The predicted octanol–water partition coefficient (Wildman–Crippen LogP) is 1.66. The normalized spacial score (nSPS) is 10.6. The van der Waals surface area contributed by atoms with Crippen molar-refractivity contribution in [3.8, 4) is 0 Å².